The van der Waals surface area contributed by atoms with Crippen LogP contribution in [0.4, 0.5) is 0 Å². The molecule has 1 aliphatic heterocycles. The number of hydrogen-bond donors (Lipinski definition) is 0. The van der Waals surface area contributed by atoms with Gasteiger partial charge in [-0.2, -0.15) is 0 Å². The molecule has 1 aliphatic rings. The van der Waals surface area contributed by atoms with Crippen LogP contribution in [0, 0.1) is 6.92 Å². The Bertz CT molecular complexity index is 401. The molecule has 15 heavy (non-hydrogen) atoms. The number of imide groups is 1. The third kappa shape index (κ3) is 2.04. The molecule has 4 heteroatoms. The first kappa shape index (κ1) is 10.2. The molecule has 2 amide bonds. The summed E-state index contributed by atoms with van der Waals surface area (Å²) in [5, 5.41) is 0. The van der Waals surface area contributed by atoms with Crippen molar-refractivity contribution in [2.75, 3.05) is 0 Å². The summed E-state index contributed by atoms with van der Waals surface area (Å²) in [6.45, 7) is 1.97. The highest BCUT2D eigenvalue weighted by Gasteiger charge is 2.30. The van der Waals surface area contributed by atoms with E-state index in [1.54, 1.807) is 0 Å². The quantitative estimate of drug-likeness (QED) is 0.567. The van der Waals surface area contributed by atoms with Gasteiger partial charge in [0.1, 0.15) is 0 Å². The number of benzene rings is 1. The van der Waals surface area contributed by atoms with E-state index in [0.29, 0.717) is 12.8 Å². The normalized spacial score (nSPS) is 16.2. The van der Waals surface area contributed by atoms with Gasteiger partial charge in [-0.05, 0) is 30.5 Å². The lowest BCUT2D eigenvalue weighted by atomic mass is 10.2. The van der Waals surface area contributed by atoms with Crippen molar-refractivity contribution >= 4 is 23.8 Å². The molecule has 1 fully saturated rings. The van der Waals surface area contributed by atoms with Crippen LogP contribution >= 0.6 is 11.9 Å². The maximum Gasteiger partial charge on any atom is 0.240 e. The zero-order valence-corrected chi connectivity index (χ0v) is 9.21. The fourth-order valence-electron chi connectivity index (χ4n) is 1.42. The Balaban J connectivity index is 2.18. The summed E-state index contributed by atoms with van der Waals surface area (Å²) >= 11 is 1.23. The predicted octanol–water partition coefficient (Wildman–Crippen LogP) is 2.15. The predicted molar refractivity (Wildman–Crippen MR) is 58.1 cm³/mol. The smallest absolute Gasteiger partial charge is 0.240 e. The molecule has 1 aromatic carbocycles. The molecular formula is C11H11NO2S. The van der Waals surface area contributed by atoms with E-state index >= 15 is 0 Å². The van der Waals surface area contributed by atoms with Crippen LogP contribution in [-0.2, 0) is 9.59 Å². The second-order valence-electron chi connectivity index (χ2n) is 3.44. The molecule has 1 heterocycles. The van der Waals surface area contributed by atoms with Crippen molar-refractivity contribution in [1.29, 1.82) is 0 Å². The molecule has 0 bridgehead atoms. The van der Waals surface area contributed by atoms with Gasteiger partial charge in [-0.3, -0.25) is 9.59 Å². The Hall–Kier alpha value is -1.29. The van der Waals surface area contributed by atoms with Gasteiger partial charge >= 0.3 is 0 Å². The minimum absolute atomic E-state index is 0.0896. The van der Waals surface area contributed by atoms with Crippen molar-refractivity contribution in [3.8, 4) is 0 Å². The van der Waals surface area contributed by atoms with Crippen LogP contribution < -0.4 is 0 Å². The first-order chi connectivity index (χ1) is 7.18. The highest BCUT2D eigenvalue weighted by molar-refractivity contribution is 7.98. The lowest BCUT2D eigenvalue weighted by Crippen LogP contribution is -2.21. The van der Waals surface area contributed by atoms with Crippen LogP contribution in [0.2, 0.25) is 0 Å². The maximum absolute atomic E-state index is 11.4. The number of hydrogen-bond acceptors (Lipinski definition) is 3. The van der Waals surface area contributed by atoms with Gasteiger partial charge in [-0.1, -0.05) is 18.2 Å². The third-order valence-corrected chi connectivity index (χ3v) is 3.53. The van der Waals surface area contributed by atoms with E-state index in [4.69, 9.17) is 0 Å². The van der Waals surface area contributed by atoms with Gasteiger partial charge in [0, 0.05) is 17.7 Å². The first-order valence-electron chi connectivity index (χ1n) is 4.78. The summed E-state index contributed by atoms with van der Waals surface area (Å²) in [5.41, 5.74) is 1.08. The number of aryl methyl sites for hydroxylation is 1. The Morgan fingerprint density at radius 1 is 1.13 bits per heavy atom. The molecule has 0 aliphatic carbocycles. The molecule has 0 aromatic heterocycles. The van der Waals surface area contributed by atoms with E-state index in [1.165, 1.54) is 16.3 Å². The van der Waals surface area contributed by atoms with Gasteiger partial charge in [-0.15, -0.1) is 0 Å². The van der Waals surface area contributed by atoms with E-state index < -0.39 is 0 Å². The Morgan fingerprint density at radius 2 is 1.73 bits per heavy atom. The Kier molecular flexibility index (Phi) is 2.77. The Labute approximate surface area is 92.6 Å². The summed E-state index contributed by atoms with van der Waals surface area (Å²) in [6, 6.07) is 7.72. The number of rotatable bonds is 2. The fraction of sp³-hybridized carbons (Fsp3) is 0.273. The lowest BCUT2D eigenvalue weighted by Gasteiger charge is -2.13. The number of nitrogens with zero attached hydrogens (tertiary/aromatic N) is 1. The van der Waals surface area contributed by atoms with Gasteiger partial charge in [0.2, 0.25) is 11.8 Å². The van der Waals surface area contributed by atoms with Crippen molar-refractivity contribution < 1.29 is 9.59 Å². The van der Waals surface area contributed by atoms with Crippen molar-refractivity contribution in [2.24, 2.45) is 0 Å². The largest absolute Gasteiger partial charge is 0.273 e. The van der Waals surface area contributed by atoms with Crippen LogP contribution in [0.3, 0.4) is 0 Å². The summed E-state index contributed by atoms with van der Waals surface area (Å²) in [6.07, 6.45) is 0.690. The highest BCUT2D eigenvalue weighted by Crippen LogP contribution is 2.30. The molecule has 0 N–H and O–H groups in total. The molecule has 1 saturated heterocycles. The van der Waals surface area contributed by atoms with Gasteiger partial charge in [-0.25, -0.2) is 4.31 Å². The van der Waals surface area contributed by atoms with E-state index in [-0.39, 0.29) is 11.8 Å². The van der Waals surface area contributed by atoms with Gasteiger partial charge in [0.05, 0.1) is 0 Å². The van der Waals surface area contributed by atoms with E-state index in [9.17, 15) is 9.59 Å². The molecule has 0 spiro atoms. The average Bonchev–Trinajstić information content (AvgIpc) is 2.53. The van der Waals surface area contributed by atoms with Crippen LogP contribution in [0.25, 0.3) is 0 Å². The molecule has 1 aromatic rings. The fourth-order valence-corrected chi connectivity index (χ4v) is 2.35. The van der Waals surface area contributed by atoms with Crippen molar-refractivity contribution in [1.82, 2.24) is 4.31 Å². The van der Waals surface area contributed by atoms with Crippen LogP contribution in [0.15, 0.2) is 29.2 Å². The Morgan fingerprint density at radius 3 is 2.33 bits per heavy atom. The zero-order valence-electron chi connectivity index (χ0n) is 8.40. The molecule has 78 valence electrons. The molecule has 0 saturated carbocycles. The molecule has 0 atom stereocenters. The molecular weight excluding hydrogens is 210 g/mol. The van der Waals surface area contributed by atoms with Crippen LogP contribution in [-0.4, -0.2) is 16.1 Å². The van der Waals surface area contributed by atoms with E-state index in [1.807, 2.05) is 31.2 Å². The third-order valence-electron chi connectivity index (χ3n) is 2.29. The summed E-state index contributed by atoms with van der Waals surface area (Å²) in [4.78, 5) is 23.7. The van der Waals surface area contributed by atoms with E-state index in [0.717, 1.165) is 10.5 Å². The lowest BCUT2D eigenvalue weighted by molar-refractivity contribution is -0.131. The van der Waals surface area contributed by atoms with Gasteiger partial charge in [0.15, 0.2) is 0 Å². The summed E-state index contributed by atoms with van der Waals surface area (Å²) < 4.78 is 1.27. The number of amides is 2. The van der Waals surface area contributed by atoms with Crippen LogP contribution in [0.1, 0.15) is 18.4 Å². The number of carbonyl (C=O) groups is 2. The SMILES string of the molecule is Cc1ccccc1SN1C(=O)CCC1=O. The average molecular weight is 221 g/mol. The van der Waals surface area contributed by atoms with Crippen molar-refractivity contribution in [3.05, 3.63) is 29.8 Å². The molecule has 0 radical (unpaired) electrons. The summed E-state index contributed by atoms with van der Waals surface area (Å²) in [5.74, 6) is -0.179. The van der Waals surface area contributed by atoms with Gasteiger partial charge in [0.25, 0.3) is 0 Å². The highest BCUT2D eigenvalue weighted by atomic mass is 32.2. The summed E-state index contributed by atoms with van der Waals surface area (Å²) in [7, 11) is 0. The second kappa shape index (κ2) is 4.06. The number of carbonyl (C=O) groups excluding carboxylic acids is 2. The topological polar surface area (TPSA) is 37.4 Å². The minimum Gasteiger partial charge on any atom is -0.273 e. The molecule has 3 nitrogen and oxygen atoms in total. The molecule has 2 rings (SSSR count). The minimum atomic E-state index is -0.0896. The van der Waals surface area contributed by atoms with Crippen molar-refractivity contribution in [2.45, 2.75) is 24.7 Å². The van der Waals surface area contributed by atoms with Gasteiger partial charge < -0.3 is 0 Å². The monoisotopic (exact) mass is 221 g/mol. The zero-order chi connectivity index (χ0) is 10.8. The first-order valence-corrected chi connectivity index (χ1v) is 5.55. The van der Waals surface area contributed by atoms with E-state index in [2.05, 4.69) is 0 Å². The van der Waals surface area contributed by atoms with Crippen LogP contribution in [0.5, 0.6) is 0 Å². The molecule has 0 unspecified atom stereocenters. The second-order valence-corrected chi connectivity index (χ2v) is 4.43. The van der Waals surface area contributed by atoms with Crippen molar-refractivity contribution in [3.63, 3.8) is 0 Å². The maximum atomic E-state index is 11.4. The standard InChI is InChI=1S/C11H11NO2S/c1-8-4-2-3-5-9(8)15-12-10(13)6-7-11(12)14/h2-5H,6-7H2,1H3.